The first kappa shape index (κ1) is 20.7. The number of nitrogens with one attached hydrogen (secondary N) is 1. The highest BCUT2D eigenvalue weighted by atomic mass is 32.1. The molecule has 1 heterocycles. The van der Waals surface area contributed by atoms with Crippen LogP contribution < -0.4 is 19.6 Å². The van der Waals surface area contributed by atoms with Crippen molar-refractivity contribution in [3.05, 3.63) is 52.4 Å². The van der Waals surface area contributed by atoms with Crippen LogP contribution in [0.4, 0.5) is 5.13 Å². The van der Waals surface area contributed by atoms with Crippen molar-refractivity contribution in [1.29, 1.82) is 0 Å². The molecule has 1 N–H and O–H groups in total. The van der Waals surface area contributed by atoms with Crippen LogP contribution in [0.2, 0.25) is 0 Å². The molecule has 0 amide bonds. The molecule has 29 heavy (non-hydrogen) atoms. The second-order valence-electron chi connectivity index (χ2n) is 6.39. The van der Waals surface area contributed by atoms with E-state index in [2.05, 4.69) is 47.6 Å². The third-order valence-corrected chi connectivity index (χ3v) is 5.20. The molecular formula is C22H25N3O3S. The molecule has 0 aliphatic rings. The lowest BCUT2D eigenvalue weighted by Crippen LogP contribution is -2.00. The van der Waals surface area contributed by atoms with Gasteiger partial charge < -0.3 is 14.2 Å². The van der Waals surface area contributed by atoms with Gasteiger partial charge in [-0.3, -0.25) is 5.43 Å². The topological polar surface area (TPSA) is 65.0 Å². The molecule has 1 aromatic heterocycles. The SMILES string of the molecule is CCOc1c(OC)cc(/C=N\Nc2nc(-c3ccc(C)c(C)c3)cs2)cc1OC. The van der Waals surface area contributed by atoms with E-state index in [1.807, 2.05) is 24.4 Å². The standard InChI is InChI=1S/C22H25N3O3S/c1-6-28-21-19(26-4)10-16(11-20(21)27-5)12-23-25-22-24-18(13-29-22)17-8-7-14(2)15(3)9-17/h7-13H,6H2,1-5H3,(H,24,25)/b23-12-. The summed E-state index contributed by atoms with van der Waals surface area (Å²) in [6.45, 7) is 6.65. The van der Waals surface area contributed by atoms with Crippen LogP contribution in [0.3, 0.4) is 0 Å². The number of rotatable bonds is 8. The van der Waals surface area contributed by atoms with Gasteiger partial charge in [0.05, 0.1) is 32.7 Å². The van der Waals surface area contributed by atoms with Crippen LogP contribution in [0.5, 0.6) is 17.2 Å². The average molecular weight is 412 g/mol. The van der Waals surface area contributed by atoms with Crippen molar-refractivity contribution in [2.45, 2.75) is 20.8 Å². The number of benzene rings is 2. The molecule has 0 spiro atoms. The first-order valence-electron chi connectivity index (χ1n) is 9.26. The minimum absolute atomic E-state index is 0.522. The molecule has 0 bridgehead atoms. The maximum atomic E-state index is 5.62. The van der Waals surface area contributed by atoms with Crippen molar-refractivity contribution in [2.24, 2.45) is 5.10 Å². The van der Waals surface area contributed by atoms with Gasteiger partial charge in [-0.05, 0) is 50.1 Å². The van der Waals surface area contributed by atoms with E-state index in [0.717, 1.165) is 22.0 Å². The fraction of sp³-hybridized carbons (Fsp3) is 0.273. The second kappa shape index (κ2) is 9.43. The molecule has 152 valence electrons. The zero-order chi connectivity index (χ0) is 20.8. The highest BCUT2D eigenvalue weighted by molar-refractivity contribution is 7.14. The van der Waals surface area contributed by atoms with Gasteiger partial charge in [-0.15, -0.1) is 11.3 Å². The summed E-state index contributed by atoms with van der Waals surface area (Å²) < 4.78 is 16.5. The summed E-state index contributed by atoms with van der Waals surface area (Å²) in [5, 5.41) is 7.04. The summed E-state index contributed by atoms with van der Waals surface area (Å²) in [7, 11) is 3.20. The number of hydrogen-bond donors (Lipinski definition) is 1. The Bertz CT molecular complexity index is 989. The summed E-state index contributed by atoms with van der Waals surface area (Å²) in [6, 6.07) is 10.0. The van der Waals surface area contributed by atoms with Crippen molar-refractivity contribution in [3.63, 3.8) is 0 Å². The Morgan fingerprint density at radius 2 is 1.79 bits per heavy atom. The van der Waals surface area contributed by atoms with Crippen molar-refractivity contribution in [3.8, 4) is 28.5 Å². The summed E-state index contributed by atoms with van der Waals surface area (Å²) >= 11 is 1.51. The van der Waals surface area contributed by atoms with Gasteiger partial charge in [0.2, 0.25) is 10.9 Å². The Balaban J connectivity index is 1.75. The van der Waals surface area contributed by atoms with Crippen LogP contribution >= 0.6 is 11.3 Å². The number of nitrogens with zero attached hydrogens (tertiary/aromatic N) is 2. The highest BCUT2D eigenvalue weighted by Gasteiger charge is 2.13. The minimum atomic E-state index is 0.522. The van der Waals surface area contributed by atoms with Gasteiger partial charge >= 0.3 is 0 Å². The molecule has 3 rings (SSSR count). The summed E-state index contributed by atoms with van der Waals surface area (Å²) in [6.07, 6.45) is 1.69. The molecule has 3 aromatic rings. The molecule has 0 atom stereocenters. The molecule has 2 aromatic carbocycles. The molecule has 0 radical (unpaired) electrons. The highest BCUT2D eigenvalue weighted by Crippen LogP contribution is 2.38. The molecule has 0 saturated carbocycles. The lowest BCUT2D eigenvalue weighted by molar-refractivity contribution is 0.288. The third-order valence-electron chi connectivity index (χ3n) is 4.45. The lowest BCUT2D eigenvalue weighted by atomic mass is 10.1. The van der Waals surface area contributed by atoms with Gasteiger partial charge in [0.15, 0.2) is 11.5 Å². The lowest BCUT2D eigenvalue weighted by Gasteiger charge is -2.14. The van der Waals surface area contributed by atoms with Crippen molar-refractivity contribution < 1.29 is 14.2 Å². The fourth-order valence-electron chi connectivity index (χ4n) is 2.78. The van der Waals surface area contributed by atoms with Crippen molar-refractivity contribution in [1.82, 2.24) is 4.98 Å². The zero-order valence-corrected chi connectivity index (χ0v) is 18.1. The Morgan fingerprint density at radius 1 is 1.07 bits per heavy atom. The molecule has 0 unspecified atom stereocenters. The quantitative estimate of drug-likeness (QED) is 0.403. The number of aryl methyl sites for hydroxylation is 2. The van der Waals surface area contributed by atoms with Crippen molar-refractivity contribution in [2.75, 3.05) is 26.3 Å². The number of thiazole rings is 1. The van der Waals surface area contributed by atoms with Gasteiger partial charge in [0.1, 0.15) is 0 Å². The van der Waals surface area contributed by atoms with E-state index in [-0.39, 0.29) is 0 Å². The average Bonchev–Trinajstić information content (AvgIpc) is 3.19. The van der Waals surface area contributed by atoms with Crippen molar-refractivity contribution >= 4 is 22.7 Å². The Labute approximate surface area is 175 Å². The third kappa shape index (κ3) is 4.86. The Kier molecular flexibility index (Phi) is 6.72. The number of anilines is 1. The molecule has 7 heteroatoms. The maximum Gasteiger partial charge on any atom is 0.203 e. The van der Waals surface area contributed by atoms with Gasteiger partial charge in [-0.1, -0.05) is 12.1 Å². The molecular weight excluding hydrogens is 386 g/mol. The zero-order valence-electron chi connectivity index (χ0n) is 17.3. The Hall–Kier alpha value is -3.06. The van der Waals surface area contributed by atoms with Gasteiger partial charge in [0, 0.05) is 16.5 Å². The number of hydrazone groups is 1. The van der Waals surface area contributed by atoms with Gasteiger partial charge in [-0.2, -0.15) is 5.10 Å². The number of methoxy groups -OCH3 is 2. The second-order valence-corrected chi connectivity index (χ2v) is 7.25. The van der Waals surface area contributed by atoms with E-state index in [4.69, 9.17) is 14.2 Å². The predicted molar refractivity (Wildman–Crippen MR) is 119 cm³/mol. The van der Waals surface area contributed by atoms with E-state index in [1.54, 1.807) is 20.4 Å². The molecule has 0 aliphatic heterocycles. The van der Waals surface area contributed by atoms with E-state index in [0.29, 0.717) is 23.9 Å². The van der Waals surface area contributed by atoms with Crippen LogP contribution in [0.25, 0.3) is 11.3 Å². The van der Waals surface area contributed by atoms with E-state index < -0.39 is 0 Å². The number of ether oxygens (including phenoxy) is 3. The first-order valence-corrected chi connectivity index (χ1v) is 10.1. The monoisotopic (exact) mass is 411 g/mol. The predicted octanol–water partition coefficient (Wildman–Crippen LogP) is 5.29. The summed E-state index contributed by atoms with van der Waals surface area (Å²) in [5.41, 5.74) is 8.36. The summed E-state index contributed by atoms with van der Waals surface area (Å²) in [5.74, 6) is 1.78. The van der Waals surface area contributed by atoms with Gasteiger partial charge in [0.25, 0.3) is 0 Å². The van der Waals surface area contributed by atoms with E-state index >= 15 is 0 Å². The molecule has 6 nitrogen and oxygen atoms in total. The molecule has 0 saturated heterocycles. The van der Waals surface area contributed by atoms with Crippen LogP contribution in [0.1, 0.15) is 23.6 Å². The smallest absolute Gasteiger partial charge is 0.203 e. The first-order chi connectivity index (χ1) is 14.0. The molecule has 0 aliphatic carbocycles. The van der Waals surface area contributed by atoms with E-state index in [9.17, 15) is 0 Å². The normalized spacial score (nSPS) is 10.9. The summed E-state index contributed by atoms with van der Waals surface area (Å²) in [4.78, 5) is 4.61. The van der Waals surface area contributed by atoms with Crippen LogP contribution in [0, 0.1) is 13.8 Å². The van der Waals surface area contributed by atoms with Crippen LogP contribution in [0.15, 0.2) is 40.8 Å². The maximum absolute atomic E-state index is 5.62. The Morgan fingerprint density at radius 3 is 2.41 bits per heavy atom. The fourth-order valence-corrected chi connectivity index (χ4v) is 3.45. The van der Waals surface area contributed by atoms with Crippen LogP contribution in [-0.4, -0.2) is 32.0 Å². The largest absolute Gasteiger partial charge is 0.493 e. The number of aromatic nitrogens is 1. The minimum Gasteiger partial charge on any atom is -0.493 e. The van der Waals surface area contributed by atoms with Gasteiger partial charge in [-0.25, -0.2) is 4.98 Å². The number of hydrogen-bond acceptors (Lipinski definition) is 7. The van der Waals surface area contributed by atoms with Crippen LogP contribution in [-0.2, 0) is 0 Å². The van der Waals surface area contributed by atoms with E-state index in [1.165, 1.54) is 22.5 Å². The molecule has 0 fully saturated rings.